The van der Waals surface area contributed by atoms with E-state index >= 15 is 0 Å². The topological polar surface area (TPSA) is 122 Å². The molecule has 0 radical (unpaired) electrons. The first kappa shape index (κ1) is 29.2. The van der Waals surface area contributed by atoms with Crippen molar-refractivity contribution in [3.63, 3.8) is 0 Å². The highest BCUT2D eigenvalue weighted by atomic mass is 35.5. The summed E-state index contributed by atoms with van der Waals surface area (Å²) in [4.78, 5) is 13.3. The van der Waals surface area contributed by atoms with Crippen LogP contribution in [0.25, 0.3) is 0 Å². The first-order valence-electron chi connectivity index (χ1n) is 13.2. The number of amides is 1. The molecular formula is C28H30ClN3O7S2. The van der Waals surface area contributed by atoms with Crippen LogP contribution >= 0.6 is 11.6 Å². The molecule has 10 nitrogen and oxygen atoms in total. The SMILES string of the molecule is O=C(NCCOc1ccc(S(=O)(=O)N2CCCCC2)cc1)C1CN(S(=O)(=O)c2ccccc2)c2cc(Cl)ccc2O1. The van der Waals surface area contributed by atoms with E-state index in [0.717, 1.165) is 23.6 Å². The van der Waals surface area contributed by atoms with E-state index in [1.54, 1.807) is 36.4 Å². The fourth-order valence-electron chi connectivity index (χ4n) is 4.73. The molecule has 13 heteroatoms. The van der Waals surface area contributed by atoms with Crippen LogP contribution in [0.5, 0.6) is 11.5 Å². The van der Waals surface area contributed by atoms with Crippen molar-refractivity contribution in [2.45, 2.75) is 35.2 Å². The fraction of sp³-hybridized carbons (Fsp3) is 0.321. The Balaban J connectivity index is 1.19. The first-order chi connectivity index (χ1) is 19.7. The lowest BCUT2D eigenvalue weighted by Gasteiger charge is -2.34. The Bertz CT molecular complexity index is 1600. The molecule has 2 heterocycles. The third-order valence-corrected chi connectivity index (χ3v) is 10.8. The van der Waals surface area contributed by atoms with Crippen LogP contribution in [-0.4, -0.2) is 65.9 Å². The number of fused-ring (bicyclic) bond motifs is 1. The molecular weight excluding hydrogens is 590 g/mol. The molecule has 218 valence electrons. The standard InChI is InChI=1S/C28H30ClN3O7S2/c29-21-9-14-26-25(19-21)32(41(36,37)23-7-3-1-4-8-23)20-27(39-26)28(33)30-15-18-38-22-10-12-24(13-11-22)40(34,35)31-16-5-2-6-17-31/h1,3-4,7-14,19,27H,2,5-6,15-18,20H2,(H,30,33). The van der Waals surface area contributed by atoms with Gasteiger partial charge in [0.15, 0.2) is 6.10 Å². The lowest BCUT2D eigenvalue weighted by atomic mass is 10.2. The number of ether oxygens (including phenoxy) is 2. The minimum absolute atomic E-state index is 0.0788. The molecule has 1 saturated heterocycles. The maximum absolute atomic E-state index is 13.5. The van der Waals surface area contributed by atoms with Crippen LogP contribution in [-0.2, 0) is 24.8 Å². The summed E-state index contributed by atoms with van der Waals surface area (Å²) in [6, 6.07) is 18.7. The summed E-state index contributed by atoms with van der Waals surface area (Å²) in [6.45, 7) is 1.03. The number of nitrogens with zero attached hydrogens (tertiary/aromatic N) is 2. The predicted molar refractivity (Wildman–Crippen MR) is 154 cm³/mol. The van der Waals surface area contributed by atoms with Crippen molar-refractivity contribution in [2.24, 2.45) is 0 Å². The second-order valence-electron chi connectivity index (χ2n) is 9.64. The van der Waals surface area contributed by atoms with Gasteiger partial charge in [0.1, 0.15) is 18.1 Å². The largest absolute Gasteiger partial charge is 0.492 e. The van der Waals surface area contributed by atoms with Crippen LogP contribution in [0.2, 0.25) is 5.02 Å². The van der Waals surface area contributed by atoms with E-state index in [4.69, 9.17) is 21.1 Å². The van der Waals surface area contributed by atoms with E-state index < -0.39 is 32.1 Å². The highest BCUT2D eigenvalue weighted by Crippen LogP contribution is 2.38. The van der Waals surface area contributed by atoms with Gasteiger partial charge < -0.3 is 14.8 Å². The molecule has 1 unspecified atom stereocenters. The van der Waals surface area contributed by atoms with E-state index in [1.165, 1.54) is 40.7 Å². The third-order valence-electron chi connectivity index (χ3n) is 6.86. The monoisotopic (exact) mass is 619 g/mol. The van der Waals surface area contributed by atoms with E-state index in [2.05, 4.69) is 5.32 Å². The molecule has 1 N–H and O–H groups in total. The quantitative estimate of drug-likeness (QED) is 0.363. The molecule has 0 spiro atoms. The van der Waals surface area contributed by atoms with E-state index in [9.17, 15) is 21.6 Å². The zero-order chi connectivity index (χ0) is 29.0. The zero-order valence-electron chi connectivity index (χ0n) is 22.1. The molecule has 0 bridgehead atoms. The van der Waals surface area contributed by atoms with Crippen molar-refractivity contribution in [1.29, 1.82) is 0 Å². The van der Waals surface area contributed by atoms with Gasteiger partial charge in [0.05, 0.1) is 28.6 Å². The van der Waals surface area contributed by atoms with Gasteiger partial charge in [-0.25, -0.2) is 16.8 Å². The first-order valence-corrected chi connectivity index (χ1v) is 16.5. The van der Waals surface area contributed by atoms with Crippen LogP contribution in [0.4, 0.5) is 5.69 Å². The van der Waals surface area contributed by atoms with Crippen molar-refractivity contribution in [3.8, 4) is 11.5 Å². The molecule has 0 aromatic heterocycles. The van der Waals surface area contributed by atoms with Crippen LogP contribution in [0.15, 0.2) is 82.6 Å². The van der Waals surface area contributed by atoms with Crippen LogP contribution in [0, 0.1) is 0 Å². The Morgan fingerprint density at radius 1 is 0.902 bits per heavy atom. The molecule has 0 saturated carbocycles. The van der Waals surface area contributed by atoms with Crippen molar-refractivity contribution >= 4 is 43.2 Å². The molecule has 1 atom stereocenters. The van der Waals surface area contributed by atoms with Crippen molar-refractivity contribution in [3.05, 3.63) is 77.8 Å². The lowest BCUT2D eigenvalue weighted by molar-refractivity contribution is -0.127. The minimum Gasteiger partial charge on any atom is -0.492 e. The number of sulfonamides is 2. The molecule has 1 fully saturated rings. The van der Waals surface area contributed by atoms with Gasteiger partial charge in [0, 0.05) is 18.1 Å². The Morgan fingerprint density at radius 2 is 1.59 bits per heavy atom. The normalized spacial score (nSPS) is 17.8. The molecule has 3 aromatic rings. The van der Waals surface area contributed by atoms with Crippen molar-refractivity contribution in [1.82, 2.24) is 9.62 Å². The van der Waals surface area contributed by atoms with Gasteiger partial charge in [0.25, 0.3) is 15.9 Å². The summed E-state index contributed by atoms with van der Waals surface area (Å²) in [5, 5.41) is 3.05. The van der Waals surface area contributed by atoms with Gasteiger partial charge in [-0.1, -0.05) is 36.2 Å². The number of hydrogen-bond donors (Lipinski definition) is 1. The number of carbonyl (C=O) groups is 1. The predicted octanol–water partition coefficient (Wildman–Crippen LogP) is 3.67. The fourth-order valence-corrected chi connectivity index (χ4v) is 7.90. The number of halogens is 1. The second kappa shape index (κ2) is 12.3. The van der Waals surface area contributed by atoms with E-state index in [-0.39, 0.29) is 40.9 Å². The summed E-state index contributed by atoms with van der Waals surface area (Å²) >= 11 is 6.14. The number of carbonyl (C=O) groups excluding carboxylic acids is 1. The van der Waals surface area contributed by atoms with Crippen molar-refractivity contribution < 1.29 is 31.1 Å². The average Bonchev–Trinajstić information content (AvgIpc) is 2.99. The van der Waals surface area contributed by atoms with Gasteiger partial charge in [-0.2, -0.15) is 4.31 Å². The van der Waals surface area contributed by atoms with Crippen molar-refractivity contribution in [2.75, 3.05) is 37.1 Å². The third kappa shape index (κ3) is 6.45. The Labute approximate surface area is 244 Å². The van der Waals surface area contributed by atoms with Gasteiger partial charge in [-0.15, -0.1) is 0 Å². The van der Waals surface area contributed by atoms with Crippen LogP contribution in [0.3, 0.4) is 0 Å². The molecule has 1 amide bonds. The number of rotatable bonds is 9. The smallest absolute Gasteiger partial charge is 0.264 e. The Kier molecular flexibility index (Phi) is 8.74. The second-order valence-corrected chi connectivity index (χ2v) is 13.9. The number of anilines is 1. The Hall–Kier alpha value is -3.32. The minimum atomic E-state index is -4.00. The van der Waals surface area contributed by atoms with Crippen LogP contribution < -0.4 is 19.1 Å². The maximum atomic E-state index is 13.5. The Morgan fingerprint density at radius 3 is 2.29 bits per heavy atom. The number of nitrogens with one attached hydrogen (secondary N) is 1. The van der Waals surface area contributed by atoms with E-state index in [0.29, 0.717) is 23.9 Å². The zero-order valence-corrected chi connectivity index (χ0v) is 24.5. The maximum Gasteiger partial charge on any atom is 0.264 e. The lowest BCUT2D eigenvalue weighted by Crippen LogP contribution is -2.51. The average molecular weight is 620 g/mol. The van der Waals surface area contributed by atoms with Gasteiger partial charge >= 0.3 is 0 Å². The number of benzene rings is 3. The summed E-state index contributed by atoms with van der Waals surface area (Å²) in [5.41, 5.74) is 0.250. The van der Waals surface area contributed by atoms with Crippen LogP contribution in [0.1, 0.15) is 19.3 Å². The molecule has 2 aliphatic rings. The molecule has 41 heavy (non-hydrogen) atoms. The van der Waals surface area contributed by atoms with Gasteiger partial charge in [-0.3, -0.25) is 9.10 Å². The number of piperidine rings is 1. The summed E-state index contributed by atoms with van der Waals surface area (Å²) < 4.78 is 66.7. The summed E-state index contributed by atoms with van der Waals surface area (Å²) in [6.07, 6.45) is 1.65. The highest BCUT2D eigenvalue weighted by molar-refractivity contribution is 7.92. The molecule has 5 rings (SSSR count). The molecule has 2 aliphatic heterocycles. The highest BCUT2D eigenvalue weighted by Gasteiger charge is 2.37. The molecule has 0 aliphatic carbocycles. The van der Waals surface area contributed by atoms with Gasteiger partial charge in [-0.05, 0) is 67.4 Å². The van der Waals surface area contributed by atoms with E-state index in [1.807, 2.05) is 0 Å². The molecule has 3 aromatic carbocycles. The van der Waals surface area contributed by atoms with Gasteiger partial charge in [0.2, 0.25) is 10.0 Å². The summed E-state index contributed by atoms with van der Waals surface area (Å²) in [7, 11) is -7.53. The summed E-state index contributed by atoms with van der Waals surface area (Å²) in [5.74, 6) is 0.165. The number of hydrogen-bond acceptors (Lipinski definition) is 7.